The van der Waals surface area contributed by atoms with Gasteiger partial charge in [-0.3, -0.25) is 5.10 Å². The van der Waals surface area contributed by atoms with Crippen molar-refractivity contribution in [2.24, 2.45) is 0 Å². The molecule has 0 bridgehead atoms. The van der Waals surface area contributed by atoms with Gasteiger partial charge in [-0.05, 0) is 28.1 Å². The third-order valence-corrected chi connectivity index (χ3v) is 2.67. The minimum absolute atomic E-state index is 0.540. The van der Waals surface area contributed by atoms with E-state index in [2.05, 4.69) is 26.1 Å². The average Bonchev–Trinajstić information content (AvgIpc) is 2.63. The lowest BCUT2D eigenvalue weighted by atomic mass is 10.2. The summed E-state index contributed by atoms with van der Waals surface area (Å²) in [5.41, 5.74) is 0.876. The summed E-state index contributed by atoms with van der Waals surface area (Å²) < 4.78 is 11.3. The fourth-order valence-corrected chi connectivity index (χ4v) is 1.78. The number of benzene rings is 1. The summed E-state index contributed by atoms with van der Waals surface area (Å²) in [6, 6.07) is 3.77. The molecule has 0 aliphatic rings. The zero-order valence-electron chi connectivity index (χ0n) is 7.80. The fourth-order valence-electron chi connectivity index (χ4n) is 1.36. The second-order valence-corrected chi connectivity index (χ2v) is 3.59. The average molecular weight is 257 g/mol. The second-order valence-electron chi connectivity index (χ2n) is 2.73. The van der Waals surface area contributed by atoms with E-state index < -0.39 is 0 Å². The Hall–Kier alpha value is -1.23. The van der Waals surface area contributed by atoms with Crippen LogP contribution in [0.1, 0.15) is 0 Å². The molecule has 0 unspecified atom stereocenters. The van der Waals surface area contributed by atoms with Crippen LogP contribution in [-0.4, -0.2) is 24.4 Å². The molecular weight excluding hydrogens is 248 g/mol. The molecule has 0 aliphatic heterocycles. The highest BCUT2D eigenvalue weighted by Crippen LogP contribution is 2.35. The molecule has 0 spiro atoms. The summed E-state index contributed by atoms with van der Waals surface area (Å²) in [6.45, 7) is 0. The van der Waals surface area contributed by atoms with Crippen LogP contribution in [-0.2, 0) is 0 Å². The molecule has 1 heterocycles. The van der Waals surface area contributed by atoms with Crippen LogP contribution in [0, 0.1) is 0 Å². The summed E-state index contributed by atoms with van der Waals surface area (Å²) in [5.74, 6) is 1.28. The van der Waals surface area contributed by atoms with Crippen molar-refractivity contribution in [3.05, 3.63) is 16.6 Å². The minimum atomic E-state index is 0.540. The minimum Gasteiger partial charge on any atom is -0.496 e. The number of H-pyrrole nitrogens is 1. The Labute approximate surface area is 89.3 Å². The topological polar surface area (TPSA) is 47.1 Å². The van der Waals surface area contributed by atoms with E-state index in [9.17, 15) is 0 Å². The van der Waals surface area contributed by atoms with Crippen molar-refractivity contribution < 1.29 is 9.47 Å². The van der Waals surface area contributed by atoms with Crippen molar-refractivity contribution in [1.29, 1.82) is 0 Å². The molecule has 1 aromatic heterocycles. The van der Waals surface area contributed by atoms with Gasteiger partial charge in [0, 0.05) is 4.47 Å². The maximum Gasteiger partial charge on any atom is 0.244 e. The Morgan fingerprint density at radius 1 is 1.29 bits per heavy atom. The van der Waals surface area contributed by atoms with Crippen LogP contribution in [0.15, 0.2) is 16.6 Å². The highest BCUT2D eigenvalue weighted by molar-refractivity contribution is 9.10. The lowest BCUT2D eigenvalue weighted by Crippen LogP contribution is -1.87. The normalized spacial score (nSPS) is 10.5. The first-order valence-electron chi connectivity index (χ1n) is 4.02. The number of halogens is 1. The van der Waals surface area contributed by atoms with E-state index in [0.29, 0.717) is 5.88 Å². The summed E-state index contributed by atoms with van der Waals surface area (Å²) in [7, 11) is 3.20. The highest BCUT2D eigenvalue weighted by atomic mass is 79.9. The molecule has 1 N–H and O–H groups in total. The van der Waals surface area contributed by atoms with Crippen LogP contribution in [0.4, 0.5) is 0 Å². The maximum absolute atomic E-state index is 5.22. The van der Waals surface area contributed by atoms with Gasteiger partial charge in [0.1, 0.15) is 11.1 Å². The van der Waals surface area contributed by atoms with Crippen LogP contribution in [0.2, 0.25) is 0 Å². The zero-order valence-corrected chi connectivity index (χ0v) is 9.38. The molecule has 1 aromatic carbocycles. The van der Waals surface area contributed by atoms with Gasteiger partial charge in [-0.1, -0.05) is 0 Å². The summed E-state index contributed by atoms with van der Waals surface area (Å²) >= 11 is 3.42. The molecule has 0 saturated heterocycles. The Balaban J connectivity index is 2.82. The lowest BCUT2D eigenvalue weighted by molar-refractivity contribution is 0.393. The maximum atomic E-state index is 5.22. The van der Waals surface area contributed by atoms with Gasteiger partial charge in [0.25, 0.3) is 0 Å². The van der Waals surface area contributed by atoms with E-state index in [1.54, 1.807) is 14.2 Å². The molecule has 0 fully saturated rings. The van der Waals surface area contributed by atoms with Gasteiger partial charge < -0.3 is 9.47 Å². The number of nitrogens with zero attached hydrogens (tertiary/aromatic N) is 1. The fraction of sp³-hybridized carbons (Fsp3) is 0.222. The van der Waals surface area contributed by atoms with Crippen molar-refractivity contribution in [3.63, 3.8) is 0 Å². The molecule has 74 valence electrons. The van der Waals surface area contributed by atoms with Crippen molar-refractivity contribution in [2.75, 3.05) is 14.2 Å². The second kappa shape index (κ2) is 3.49. The quantitative estimate of drug-likeness (QED) is 0.898. The molecular formula is C9H9BrN2O2. The zero-order chi connectivity index (χ0) is 10.1. The summed E-state index contributed by atoms with van der Waals surface area (Å²) in [4.78, 5) is 0. The first-order chi connectivity index (χ1) is 6.77. The SMILES string of the molecule is COc1ccc(Br)c2[nH]nc(OC)c12. The van der Waals surface area contributed by atoms with E-state index in [1.807, 2.05) is 12.1 Å². The van der Waals surface area contributed by atoms with E-state index in [-0.39, 0.29) is 0 Å². The van der Waals surface area contributed by atoms with Gasteiger partial charge in [0.2, 0.25) is 5.88 Å². The predicted molar refractivity (Wildman–Crippen MR) is 56.9 cm³/mol. The molecule has 0 atom stereocenters. The van der Waals surface area contributed by atoms with Gasteiger partial charge in [0.15, 0.2) is 0 Å². The van der Waals surface area contributed by atoms with Crippen LogP contribution in [0.5, 0.6) is 11.6 Å². The van der Waals surface area contributed by atoms with Crippen molar-refractivity contribution in [2.45, 2.75) is 0 Å². The number of aromatic nitrogens is 2. The van der Waals surface area contributed by atoms with Crippen LogP contribution < -0.4 is 9.47 Å². The molecule has 0 saturated carbocycles. The molecule has 4 nitrogen and oxygen atoms in total. The van der Waals surface area contributed by atoms with Crippen LogP contribution >= 0.6 is 15.9 Å². The van der Waals surface area contributed by atoms with Gasteiger partial charge >= 0.3 is 0 Å². The standard InChI is InChI=1S/C9H9BrN2O2/c1-13-6-4-3-5(10)8-7(6)9(14-2)12-11-8/h3-4H,1-2H3,(H,11,12). The molecule has 2 aromatic rings. The monoisotopic (exact) mass is 256 g/mol. The van der Waals surface area contributed by atoms with E-state index in [0.717, 1.165) is 21.1 Å². The van der Waals surface area contributed by atoms with Crippen molar-refractivity contribution in [1.82, 2.24) is 10.2 Å². The number of rotatable bonds is 2. The van der Waals surface area contributed by atoms with Gasteiger partial charge in [-0.25, -0.2) is 0 Å². The molecule has 5 heteroatoms. The van der Waals surface area contributed by atoms with Crippen molar-refractivity contribution >= 4 is 26.8 Å². The number of fused-ring (bicyclic) bond motifs is 1. The van der Waals surface area contributed by atoms with Crippen LogP contribution in [0.25, 0.3) is 10.9 Å². The molecule has 14 heavy (non-hydrogen) atoms. The number of ether oxygens (including phenoxy) is 2. The third kappa shape index (κ3) is 1.24. The van der Waals surface area contributed by atoms with E-state index in [1.165, 1.54) is 0 Å². The predicted octanol–water partition coefficient (Wildman–Crippen LogP) is 2.34. The number of hydrogen-bond donors (Lipinski definition) is 1. The van der Waals surface area contributed by atoms with Crippen LogP contribution in [0.3, 0.4) is 0 Å². The largest absolute Gasteiger partial charge is 0.496 e. The molecule has 0 aliphatic carbocycles. The third-order valence-electron chi connectivity index (χ3n) is 2.01. The number of methoxy groups -OCH3 is 2. The van der Waals surface area contributed by atoms with Gasteiger partial charge in [-0.15, -0.1) is 5.10 Å². The van der Waals surface area contributed by atoms with Crippen molar-refractivity contribution in [3.8, 4) is 11.6 Å². The first kappa shape index (κ1) is 9.33. The highest BCUT2D eigenvalue weighted by Gasteiger charge is 2.13. The molecule has 2 rings (SSSR count). The lowest BCUT2D eigenvalue weighted by Gasteiger charge is -2.03. The number of aromatic amines is 1. The Kier molecular flexibility index (Phi) is 2.33. The van der Waals surface area contributed by atoms with Gasteiger partial charge in [0.05, 0.1) is 19.7 Å². The number of nitrogens with one attached hydrogen (secondary N) is 1. The van der Waals surface area contributed by atoms with E-state index >= 15 is 0 Å². The molecule has 0 amide bonds. The Morgan fingerprint density at radius 2 is 2.07 bits per heavy atom. The van der Waals surface area contributed by atoms with Gasteiger partial charge in [-0.2, -0.15) is 0 Å². The molecule has 0 radical (unpaired) electrons. The summed E-state index contributed by atoms with van der Waals surface area (Å²) in [5, 5.41) is 7.76. The summed E-state index contributed by atoms with van der Waals surface area (Å²) in [6.07, 6.45) is 0. The number of hydrogen-bond acceptors (Lipinski definition) is 3. The first-order valence-corrected chi connectivity index (χ1v) is 4.81. The smallest absolute Gasteiger partial charge is 0.244 e. The van der Waals surface area contributed by atoms with E-state index in [4.69, 9.17) is 9.47 Å². The Morgan fingerprint density at radius 3 is 2.71 bits per heavy atom. The Bertz CT molecular complexity index is 467.